The Morgan fingerprint density at radius 3 is 2.79 bits per heavy atom. The van der Waals surface area contributed by atoms with E-state index in [1.54, 1.807) is 18.3 Å². The van der Waals surface area contributed by atoms with Crippen molar-refractivity contribution in [2.45, 2.75) is 19.4 Å². The lowest BCUT2D eigenvalue weighted by Crippen LogP contribution is -2.20. The minimum absolute atomic E-state index is 0.157. The van der Waals surface area contributed by atoms with Crippen LogP contribution in [-0.4, -0.2) is 12.0 Å². The van der Waals surface area contributed by atoms with Crippen LogP contribution in [0.2, 0.25) is 5.02 Å². The van der Waals surface area contributed by atoms with Crippen molar-refractivity contribution >= 4 is 11.6 Å². The van der Waals surface area contributed by atoms with Crippen molar-refractivity contribution < 1.29 is 4.39 Å². The van der Waals surface area contributed by atoms with Gasteiger partial charge in [-0.15, -0.1) is 0 Å². The van der Waals surface area contributed by atoms with E-state index < -0.39 is 0 Å². The number of hydrogen-bond donors (Lipinski definition) is 1. The maximum atomic E-state index is 13.1. The molecule has 1 aromatic heterocycles. The molecule has 0 saturated carbocycles. The highest BCUT2D eigenvalue weighted by Gasteiger charge is 2.13. The molecule has 0 aliphatic heterocycles. The molecule has 1 unspecified atom stereocenters. The lowest BCUT2D eigenvalue weighted by molar-refractivity contribution is 0.585. The van der Waals surface area contributed by atoms with Gasteiger partial charge in [-0.2, -0.15) is 0 Å². The molecule has 1 N–H and O–H groups in total. The minimum atomic E-state index is -0.383. The first-order chi connectivity index (χ1) is 9.11. The Labute approximate surface area is 117 Å². The van der Waals surface area contributed by atoms with Crippen LogP contribution >= 0.6 is 11.6 Å². The molecular weight excluding hydrogens is 263 g/mol. The Bertz CT molecular complexity index is 572. The standard InChI is InChI=1S/C15H16ClFN2/c1-10-9-19-6-5-12(10)15(18-2)8-11-3-4-14(17)13(16)7-11/h3-7,9,15,18H,8H2,1-2H3. The van der Waals surface area contributed by atoms with Gasteiger partial charge in [-0.3, -0.25) is 4.98 Å². The van der Waals surface area contributed by atoms with Crippen molar-refractivity contribution in [1.82, 2.24) is 10.3 Å². The van der Waals surface area contributed by atoms with Gasteiger partial charge in [0.05, 0.1) is 5.02 Å². The second kappa shape index (κ2) is 6.13. The van der Waals surface area contributed by atoms with Gasteiger partial charge in [0.25, 0.3) is 0 Å². The highest BCUT2D eigenvalue weighted by molar-refractivity contribution is 6.30. The normalized spacial score (nSPS) is 12.4. The summed E-state index contributed by atoms with van der Waals surface area (Å²) in [7, 11) is 1.91. The third-order valence-electron chi connectivity index (χ3n) is 3.21. The first kappa shape index (κ1) is 14.0. The zero-order valence-electron chi connectivity index (χ0n) is 11.0. The zero-order chi connectivity index (χ0) is 13.8. The van der Waals surface area contributed by atoms with E-state index in [4.69, 9.17) is 11.6 Å². The van der Waals surface area contributed by atoms with Gasteiger partial charge in [0.2, 0.25) is 0 Å². The Morgan fingerprint density at radius 2 is 2.16 bits per heavy atom. The van der Waals surface area contributed by atoms with E-state index in [1.165, 1.54) is 11.6 Å². The molecule has 0 amide bonds. The van der Waals surface area contributed by atoms with Crippen LogP contribution in [0.5, 0.6) is 0 Å². The maximum absolute atomic E-state index is 13.1. The highest BCUT2D eigenvalue weighted by Crippen LogP contribution is 2.23. The van der Waals surface area contributed by atoms with Crippen molar-refractivity contribution in [1.29, 1.82) is 0 Å². The van der Waals surface area contributed by atoms with E-state index >= 15 is 0 Å². The average molecular weight is 279 g/mol. The van der Waals surface area contributed by atoms with Crippen LogP contribution in [0.25, 0.3) is 0 Å². The number of nitrogens with one attached hydrogen (secondary N) is 1. The third-order valence-corrected chi connectivity index (χ3v) is 3.50. The fourth-order valence-corrected chi connectivity index (χ4v) is 2.35. The zero-order valence-corrected chi connectivity index (χ0v) is 11.7. The van der Waals surface area contributed by atoms with Crippen LogP contribution in [0.3, 0.4) is 0 Å². The molecule has 0 aliphatic rings. The van der Waals surface area contributed by atoms with E-state index in [-0.39, 0.29) is 16.9 Å². The number of hydrogen-bond acceptors (Lipinski definition) is 2. The molecule has 0 aliphatic carbocycles. The molecule has 2 nitrogen and oxygen atoms in total. The monoisotopic (exact) mass is 278 g/mol. The first-order valence-electron chi connectivity index (χ1n) is 6.13. The highest BCUT2D eigenvalue weighted by atomic mass is 35.5. The lowest BCUT2D eigenvalue weighted by atomic mass is 9.97. The molecule has 0 saturated heterocycles. The summed E-state index contributed by atoms with van der Waals surface area (Å²) in [5.41, 5.74) is 3.33. The number of pyridine rings is 1. The predicted molar refractivity (Wildman–Crippen MR) is 75.9 cm³/mol. The summed E-state index contributed by atoms with van der Waals surface area (Å²) >= 11 is 5.81. The molecule has 1 heterocycles. The fraction of sp³-hybridized carbons (Fsp3) is 0.267. The molecule has 4 heteroatoms. The molecule has 2 rings (SSSR count). The predicted octanol–water partition coefficient (Wildman–Crippen LogP) is 3.69. The number of likely N-dealkylation sites (N-methyl/N-ethyl adjacent to an activating group) is 1. The molecule has 0 bridgehead atoms. The van der Waals surface area contributed by atoms with E-state index in [0.29, 0.717) is 0 Å². The van der Waals surface area contributed by atoms with Crippen LogP contribution < -0.4 is 5.32 Å². The van der Waals surface area contributed by atoms with Crippen LogP contribution in [-0.2, 0) is 6.42 Å². The van der Waals surface area contributed by atoms with Crippen LogP contribution in [0.15, 0.2) is 36.7 Å². The van der Waals surface area contributed by atoms with Gasteiger partial charge in [-0.05, 0) is 55.3 Å². The van der Waals surface area contributed by atoms with Gasteiger partial charge < -0.3 is 5.32 Å². The van der Waals surface area contributed by atoms with Gasteiger partial charge >= 0.3 is 0 Å². The lowest BCUT2D eigenvalue weighted by Gasteiger charge is -2.18. The van der Waals surface area contributed by atoms with Gasteiger partial charge in [-0.1, -0.05) is 17.7 Å². The Morgan fingerprint density at radius 1 is 1.37 bits per heavy atom. The molecule has 19 heavy (non-hydrogen) atoms. The largest absolute Gasteiger partial charge is 0.313 e. The number of aryl methyl sites for hydroxylation is 1. The minimum Gasteiger partial charge on any atom is -0.313 e. The van der Waals surface area contributed by atoms with Crippen molar-refractivity contribution in [3.63, 3.8) is 0 Å². The van der Waals surface area contributed by atoms with E-state index in [0.717, 1.165) is 17.5 Å². The second-order valence-corrected chi connectivity index (χ2v) is 4.93. The van der Waals surface area contributed by atoms with Gasteiger partial charge in [0, 0.05) is 18.4 Å². The number of rotatable bonds is 4. The first-order valence-corrected chi connectivity index (χ1v) is 6.51. The SMILES string of the molecule is CNC(Cc1ccc(F)c(Cl)c1)c1ccncc1C. The van der Waals surface area contributed by atoms with E-state index in [1.807, 2.05) is 26.2 Å². The van der Waals surface area contributed by atoms with Gasteiger partial charge in [-0.25, -0.2) is 4.39 Å². The van der Waals surface area contributed by atoms with Crippen molar-refractivity contribution in [2.75, 3.05) is 7.05 Å². The van der Waals surface area contributed by atoms with Gasteiger partial charge in [0.1, 0.15) is 5.82 Å². The molecular formula is C15H16ClFN2. The maximum Gasteiger partial charge on any atom is 0.141 e. The van der Waals surface area contributed by atoms with E-state index in [2.05, 4.69) is 10.3 Å². The van der Waals surface area contributed by atoms with Gasteiger partial charge in [0.15, 0.2) is 0 Å². The summed E-state index contributed by atoms with van der Waals surface area (Å²) in [6, 6.07) is 7.01. The van der Waals surface area contributed by atoms with Crippen molar-refractivity contribution in [3.05, 3.63) is 64.2 Å². The summed E-state index contributed by atoms with van der Waals surface area (Å²) in [4.78, 5) is 4.10. The Hall–Kier alpha value is -1.45. The summed E-state index contributed by atoms with van der Waals surface area (Å²) < 4.78 is 13.1. The van der Waals surface area contributed by atoms with Crippen molar-refractivity contribution in [2.24, 2.45) is 0 Å². The second-order valence-electron chi connectivity index (χ2n) is 4.53. The number of nitrogens with zero attached hydrogens (tertiary/aromatic N) is 1. The summed E-state index contributed by atoms with van der Waals surface area (Å²) in [6.45, 7) is 2.03. The number of benzene rings is 1. The third kappa shape index (κ3) is 3.31. The number of aromatic nitrogens is 1. The van der Waals surface area contributed by atoms with Crippen LogP contribution in [0.1, 0.15) is 22.7 Å². The van der Waals surface area contributed by atoms with Crippen LogP contribution in [0, 0.1) is 12.7 Å². The molecule has 2 aromatic rings. The van der Waals surface area contributed by atoms with Crippen molar-refractivity contribution in [3.8, 4) is 0 Å². The average Bonchev–Trinajstić information content (AvgIpc) is 2.41. The summed E-state index contributed by atoms with van der Waals surface area (Å²) in [5, 5.41) is 3.44. The quantitative estimate of drug-likeness (QED) is 0.923. The van der Waals surface area contributed by atoms with Crippen LogP contribution in [0.4, 0.5) is 4.39 Å². The Kier molecular flexibility index (Phi) is 4.51. The Balaban J connectivity index is 2.24. The topological polar surface area (TPSA) is 24.9 Å². The molecule has 1 aromatic carbocycles. The summed E-state index contributed by atoms with van der Waals surface area (Å²) in [6.07, 6.45) is 4.38. The molecule has 100 valence electrons. The number of halogens is 2. The smallest absolute Gasteiger partial charge is 0.141 e. The molecule has 0 radical (unpaired) electrons. The molecule has 1 atom stereocenters. The molecule has 0 fully saturated rings. The fourth-order valence-electron chi connectivity index (χ4n) is 2.14. The molecule has 0 spiro atoms. The summed E-state index contributed by atoms with van der Waals surface area (Å²) in [5.74, 6) is -0.383. The van der Waals surface area contributed by atoms with E-state index in [9.17, 15) is 4.39 Å².